The van der Waals surface area contributed by atoms with Gasteiger partial charge in [-0.25, -0.2) is 14.6 Å². The van der Waals surface area contributed by atoms with Crippen molar-refractivity contribution in [2.45, 2.75) is 0 Å². The molecule has 2 aromatic heterocycles. The van der Waals surface area contributed by atoms with E-state index in [0.29, 0.717) is 16.7 Å². The number of pyridine rings is 1. The summed E-state index contributed by atoms with van der Waals surface area (Å²) in [5.74, 6) is 0.300. The molecule has 0 spiro atoms. The number of nitrogen functional groups attached to an aromatic ring is 1. The van der Waals surface area contributed by atoms with Gasteiger partial charge in [-0.15, -0.1) is 0 Å². The number of hydrogen-bond donors (Lipinski definition) is 1. The second-order valence-electron chi connectivity index (χ2n) is 6.70. The molecule has 140 valence electrons. The van der Waals surface area contributed by atoms with Crippen molar-refractivity contribution in [3.63, 3.8) is 0 Å². The van der Waals surface area contributed by atoms with Crippen LogP contribution < -0.4 is 5.73 Å². The number of anilines is 1. The molecule has 0 saturated carbocycles. The van der Waals surface area contributed by atoms with E-state index in [-0.39, 0.29) is 0 Å². The van der Waals surface area contributed by atoms with Gasteiger partial charge in [0.2, 0.25) is 5.95 Å². The highest BCUT2D eigenvalue weighted by Gasteiger charge is 2.08. The lowest BCUT2D eigenvalue weighted by molar-refractivity contribution is 0.898. The minimum absolute atomic E-state index is 0.300. The average Bonchev–Trinajstić information content (AvgIpc) is 3.12. The van der Waals surface area contributed by atoms with E-state index in [9.17, 15) is 0 Å². The zero-order valence-electron chi connectivity index (χ0n) is 15.3. The van der Waals surface area contributed by atoms with Crippen LogP contribution in [0.5, 0.6) is 0 Å². The Balaban J connectivity index is 1.49. The fourth-order valence-corrected chi connectivity index (χ4v) is 3.48. The number of rotatable bonds is 3. The maximum absolute atomic E-state index is 6.31. The summed E-state index contributed by atoms with van der Waals surface area (Å²) < 4.78 is 1.54. The number of aromatic nitrogens is 3. The van der Waals surface area contributed by atoms with Crippen molar-refractivity contribution >= 4 is 45.4 Å². The Morgan fingerprint density at radius 1 is 0.862 bits per heavy atom. The number of benzene rings is 3. The molecular weight excluding hydrogens is 382 g/mol. The van der Waals surface area contributed by atoms with Gasteiger partial charge in [0.25, 0.3) is 0 Å². The predicted octanol–water partition coefficient (Wildman–Crippen LogP) is 5.37. The van der Waals surface area contributed by atoms with Gasteiger partial charge < -0.3 is 5.73 Å². The first kappa shape index (κ1) is 17.4. The maximum Gasteiger partial charge on any atom is 0.221 e. The number of hydrogen-bond acceptors (Lipinski definition) is 4. The molecule has 0 unspecified atom stereocenters. The number of fused-ring (bicyclic) bond motifs is 2. The van der Waals surface area contributed by atoms with Crippen molar-refractivity contribution in [1.29, 1.82) is 0 Å². The van der Waals surface area contributed by atoms with Crippen molar-refractivity contribution in [3.05, 3.63) is 89.7 Å². The molecule has 2 N–H and O–H groups in total. The van der Waals surface area contributed by atoms with E-state index in [1.165, 1.54) is 10.1 Å². The van der Waals surface area contributed by atoms with Gasteiger partial charge in [0.1, 0.15) is 5.15 Å². The van der Waals surface area contributed by atoms with E-state index in [1.54, 1.807) is 12.4 Å². The van der Waals surface area contributed by atoms with Crippen molar-refractivity contribution in [1.82, 2.24) is 14.6 Å². The van der Waals surface area contributed by atoms with Crippen LogP contribution in [0.25, 0.3) is 32.9 Å². The molecule has 0 radical (unpaired) electrons. The number of nitrogens with zero attached hydrogens (tertiary/aromatic N) is 4. The monoisotopic (exact) mass is 397 g/mol. The lowest BCUT2D eigenvalue weighted by atomic mass is 10.1. The minimum Gasteiger partial charge on any atom is -0.368 e. The summed E-state index contributed by atoms with van der Waals surface area (Å²) in [7, 11) is 0. The normalized spacial score (nSPS) is 11.6. The molecule has 0 bridgehead atoms. The Bertz CT molecular complexity index is 1390. The van der Waals surface area contributed by atoms with Crippen LogP contribution in [-0.4, -0.2) is 20.9 Å². The molecule has 5 rings (SSSR count). The fourth-order valence-electron chi connectivity index (χ4n) is 3.29. The second kappa shape index (κ2) is 7.04. The van der Waals surface area contributed by atoms with E-state index in [0.717, 1.165) is 27.5 Å². The van der Waals surface area contributed by atoms with Gasteiger partial charge >= 0.3 is 0 Å². The third-order valence-electron chi connectivity index (χ3n) is 4.79. The highest BCUT2D eigenvalue weighted by molar-refractivity contribution is 6.32. The fraction of sp³-hybridized carbons (Fsp3) is 0. The molecular formula is C23H16ClN5. The van der Waals surface area contributed by atoms with Gasteiger partial charge in [0.05, 0.1) is 23.6 Å². The van der Waals surface area contributed by atoms with Crippen LogP contribution in [0, 0.1) is 0 Å². The van der Waals surface area contributed by atoms with Crippen LogP contribution in [0.15, 0.2) is 84.1 Å². The standard InChI is InChI=1S/C23H16ClN5/c24-22-19(12-17-7-3-4-8-20(17)27-22)13-26-29-14-21(28-23(29)25)18-10-9-15-5-1-2-6-16(15)11-18/h1-14H,(H2,25,28)/b26-13+. The first-order valence-corrected chi connectivity index (χ1v) is 9.49. The van der Waals surface area contributed by atoms with E-state index in [2.05, 4.69) is 39.3 Å². The average molecular weight is 398 g/mol. The Hall–Kier alpha value is -3.70. The van der Waals surface area contributed by atoms with Crippen LogP contribution >= 0.6 is 11.6 Å². The zero-order chi connectivity index (χ0) is 19.8. The summed E-state index contributed by atoms with van der Waals surface area (Å²) in [5, 5.41) is 8.15. The Morgan fingerprint density at radius 3 is 2.48 bits per heavy atom. The van der Waals surface area contributed by atoms with Crippen LogP contribution in [0.3, 0.4) is 0 Å². The number of imidazole rings is 1. The van der Waals surface area contributed by atoms with Gasteiger partial charge in [-0.05, 0) is 29.0 Å². The molecule has 0 aliphatic carbocycles. The van der Waals surface area contributed by atoms with Crippen LogP contribution in [0.1, 0.15) is 5.56 Å². The molecule has 5 aromatic rings. The Labute approximate surface area is 172 Å². The first-order chi connectivity index (χ1) is 14.2. The largest absolute Gasteiger partial charge is 0.368 e. The summed E-state index contributed by atoms with van der Waals surface area (Å²) in [5.41, 5.74) is 9.37. The zero-order valence-corrected chi connectivity index (χ0v) is 16.1. The van der Waals surface area contributed by atoms with Crippen LogP contribution in [0.4, 0.5) is 5.95 Å². The van der Waals surface area contributed by atoms with Gasteiger partial charge in [0.15, 0.2) is 0 Å². The van der Waals surface area contributed by atoms with Gasteiger partial charge in [-0.1, -0.05) is 66.2 Å². The number of nitrogens with two attached hydrogens (primary N) is 1. The molecule has 0 fully saturated rings. The topological polar surface area (TPSA) is 69.1 Å². The summed E-state index contributed by atoms with van der Waals surface area (Å²) >= 11 is 6.31. The van der Waals surface area contributed by atoms with E-state index in [4.69, 9.17) is 17.3 Å². The molecule has 5 nitrogen and oxygen atoms in total. The minimum atomic E-state index is 0.300. The Morgan fingerprint density at radius 2 is 1.62 bits per heavy atom. The molecule has 0 amide bonds. The van der Waals surface area contributed by atoms with Crippen LogP contribution in [-0.2, 0) is 0 Å². The molecule has 0 aliphatic rings. The van der Waals surface area contributed by atoms with Gasteiger partial charge in [-0.3, -0.25) is 0 Å². The summed E-state index contributed by atoms with van der Waals surface area (Å²) in [6.07, 6.45) is 3.45. The smallest absolute Gasteiger partial charge is 0.221 e. The molecule has 3 aromatic carbocycles. The summed E-state index contributed by atoms with van der Waals surface area (Å²) in [6.45, 7) is 0. The number of halogens is 1. The quantitative estimate of drug-likeness (QED) is 0.328. The highest BCUT2D eigenvalue weighted by Crippen LogP contribution is 2.25. The summed E-state index contributed by atoms with van der Waals surface area (Å²) in [4.78, 5) is 8.86. The van der Waals surface area contributed by atoms with Gasteiger partial charge in [-0.2, -0.15) is 5.10 Å². The number of para-hydroxylation sites is 1. The maximum atomic E-state index is 6.31. The highest BCUT2D eigenvalue weighted by atomic mass is 35.5. The van der Waals surface area contributed by atoms with E-state index >= 15 is 0 Å². The third-order valence-corrected chi connectivity index (χ3v) is 5.09. The predicted molar refractivity (Wildman–Crippen MR) is 119 cm³/mol. The Kier molecular flexibility index (Phi) is 4.22. The third kappa shape index (κ3) is 3.32. The van der Waals surface area contributed by atoms with Gasteiger partial charge in [0, 0.05) is 16.5 Å². The molecule has 0 atom stereocenters. The van der Waals surface area contributed by atoms with E-state index in [1.807, 2.05) is 48.5 Å². The lowest BCUT2D eigenvalue weighted by Crippen LogP contribution is -1.97. The molecule has 29 heavy (non-hydrogen) atoms. The molecule has 0 aliphatic heterocycles. The van der Waals surface area contributed by atoms with Crippen LogP contribution in [0.2, 0.25) is 5.15 Å². The second-order valence-corrected chi connectivity index (χ2v) is 7.05. The molecule has 2 heterocycles. The summed E-state index contributed by atoms with van der Waals surface area (Å²) in [6, 6.07) is 24.1. The van der Waals surface area contributed by atoms with Crippen molar-refractivity contribution < 1.29 is 0 Å². The molecule has 6 heteroatoms. The van der Waals surface area contributed by atoms with Crippen molar-refractivity contribution in [2.75, 3.05) is 5.73 Å². The van der Waals surface area contributed by atoms with Crippen molar-refractivity contribution in [2.24, 2.45) is 5.10 Å². The first-order valence-electron chi connectivity index (χ1n) is 9.11. The lowest BCUT2D eigenvalue weighted by Gasteiger charge is -2.02. The van der Waals surface area contributed by atoms with E-state index < -0.39 is 0 Å². The van der Waals surface area contributed by atoms with Crippen molar-refractivity contribution in [3.8, 4) is 11.3 Å². The molecule has 0 saturated heterocycles. The SMILES string of the molecule is Nc1nc(-c2ccc3ccccc3c2)cn1/N=C/c1cc2ccccc2nc1Cl.